The van der Waals surface area contributed by atoms with Crippen LogP contribution >= 0.6 is 0 Å². The van der Waals surface area contributed by atoms with Crippen molar-refractivity contribution in [1.29, 1.82) is 0 Å². The SMILES string of the molecule is Cc1ccc(CN[C@H](Cn2cncn2)c2ccccc2)o1. The number of hydrogen-bond acceptors (Lipinski definition) is 4. The Hall–Kier alpha value is -2.40. The summed E-state index contributed by atoms with van der Waals surface area (Å²) in [6.45, 7) is 3.36. The van der Waals surface area contributed by atoms with Crippen LogP contribution in [0, 0.1) is 6.92 Å². The van der Waals surface area contributed by atoms with E-state index in [1.165, 1.54) is 5.56 Å². The maximum atomic E-state index is 5.61. The van der Waals surface area contributed by atoms with Gasteiger partial charge in [0.25, 0.3) is 0 Å². The molecule has 2 heterocycles. The van der Waals surface area contributed by atoms with Gasteiger partial charge >= 0.3 is 0 Å². The Kier molecular flexibility index (Phi) is 4.12. The van der Waals surface area contributed by atoms with Crippen LogP contribution in [0.4, 0.5) is 0 Å². The van der Waals surface area contributed by atoms with E-state index in [1.807, 2.05) is 41.9 Å². The molecule has 0 aliphatic carbocycles. The number of nitrogens with one attached hydrogen (secondary N) is 1. The normalized spacial score (nSPS) is 12.4. The van der Waals surface area contributed by atoms with Gasteiger partial charge in [0.15, 0.2) is 0 Å². The lowest BCUT2D eigenvalue weighted by molar-refractivity contribution is 0.399. The van der Waals surface area contributed by atoms with Gasteiger partial charge in [-0.1, -0.05) is 30.3 Å². The molecule has 0 bridgehead atoms. The van der Waals surface area contributed by atoms with Crippen LogP contribution in [0.1, 0.15) is 23.1 Å². The molecule has 3 aromatic rings. The summed E-state index contributed by atoms with van der Waals surface area (Å²) in [6, 6.07) is 14.5. The molecule has 108 valence electrons. The zero-order valence-electron chi connectivity index (χ0n) is 11.9. The van der Waals surface area contributed by atoms with Crippen LogP contribution in [0.3, 0.4) is 0 Å². The molecule has 5 nitrogen and oxygen atoms in total. The third kappa shape index (κ3) is 3.58. The first-order valence-corrected chi connectivity index (χ1v) is 6.97. The van der Waals surface area contributed by atoms with E-state index in [4.69, 9.17) is 4.42 Å². The van der Waals surface area contributed by atoms with Crippen molar-refractivity contribution in [1.82, 2.24) is 20.1 Å². The third-order valence-corrected chi connectivity index (χ3v) is 3.36. The maximum Gasteiger partial charge on any atom is 0.137 e. The van der Waals surface area contributed by atoms with Crippen molar-refractivity contribution < 1.29 is 4.42 Å². The van der Waals surface area contributed by atoms with Crippen molar-refractivity contribution in [3.8, 4) is 0 Å². The highest BCUT2D eigenvalue weighted by atomic mass is 16.3. The minimum Gasteiger partial charge on any atom is -0.465 e. The van der Waals surface area contributed by atoms with Gasteiger partial charge in [-0.15, -0.1) is 0 Å². The molecule has 0 amide bonds. The first kappa shape index (κ1) is 13.6. The van der Waals surface area contributed by atoms with Gasteiger partial charge in [-0.3, -0.25) is 4.68 Å². The number of furan rings is 1. The number of aryl methyl sites for hydroxylation is 1. The topological polar surface area (TPSA) is 55.9 Å². The molecule has 0 aliphatic heterocycles. The van der Waals surface area contributed by atoms with Crippen molar-refractivity contribution in [2.45, 2.75) is 26.1 Å². The van der Waals surface area contributed by atoms with Gasteiger partial charge in [0.05, 0.1) is 19.1 Å². The number of nitrogens with zero attached hydrogens (tertiary/aromatic N) is 3. The monoisotopic (exact) mass is 282 g/mol. The molecule has 0 spiro atoms. The number of rotatable bonds is 6. The standard InChI is InChI=1S/C16H18N4O/c1-13-7-8-15(21-13)9-18-16(10-20-12-17-11-19-20)14-5-3-2-4-6-14/h2-8,11-12,16,18H,9-10H2,1H3/t16-/m1/s1. The van der Waals surface area contributed by atoms with Crippen LogP contribution < -0.4 is 5.32 Å². The number of benzene rings is 1. The molecule has 2 aromatic heterocycles. The maximum absolute atomic E-state index is 5.61. The first-order chi connectivity index (χ1) is 10.3. The van der Waals surface area contributed by atoms with Gasteiger partial charge in [0, 0.05) is 0 Å². The Labute approximate surface area is 123 Å². The number of hydrogen-bond donors (Lipinski definition) is 1. The van der Waals surface area contributed by atoms with Gasteiger partial charge < -0.3 is 9.73 Å². The Morgan fingerprint density at radius 3 is 2.71 bits per heavy atom. The van der Waals surface area contributed by atoms with E-state index in [0.29, 0.717) is 6.54 Å². The summed E-state index contributed by atoms with van der Waals surface area (Å²) in [6.07, 6.45) is 3.28. The summed E-state index contributed by atoms with van der Waals surface area (Å²) >= 11 is 0. The second kappa shape index (κ2) is 6.37. The molecule has 1 aromatic carbocycles. The molecule has 5 heteroatoms. The fraction of sp³-hybridized carbons (Fsp3) is 0.250. The molecule has 0 unspecified atom stereocenters. The lowest BCUT2D eigenvalue weighted by Gasteiger charge is -2.18. The van der Waals surface area contributed by atoms with E-state index in [0.717, 1.165) is 18.1 Å². The molecule has 0 aliphatic rings. The van der Waals surface area contributed by atoms with E-state index in [2.05, 4.69) is 27.5 Å². The third-order valence-electron chi connectivity index (χ3n) is 3.36. The summed E-state index contributed by atoms with van der Waals surface area (Å²) in [4.78, 5) is 4.00. The number of aromatic nitrogens is 3. The van der Waals surface area contributed by atoms with E-state index >= 15 is 0 Å². The van der Waals surface area contributed by atoms with E-state index in [9.17, 15) is 0 Å². The molecule has 1 N–H and O–H groups in total. The van der Waals surface area contributed by atoms with Crippen molar-refractivity contribution in [2.24, 2.45) is 0 Å². The van der Waals surface area contributed by atoms with Crippen LogP contribution in [0.5, 0.6) is 0 Å². The lowest BCUT2D eigenvalue weighted by Crippen LogP contribution is -2.25. The average Bonchev–Trinajstić information content (AvgIpc) is 3.16. The molecular weight excluding hydrogens is 264 g/mol. The van der Waals surface area contributed by atoms with Crippen LogP contribution in [-0.2, 0) is 13.1 Å². The summed E-state index contributed by atoms with van der Waals surface area (Å²) in [7, 11) is 0. The Morgan fingerprint density at radius 1 is 1.19 bits per heavy atom. The van der Waals surface area contributed by atoms with Crippen LogP contribution in [0.25, 0.3) is 0 Å². The summed E-state index contributed by atoms with van der Waals surface area (Å²) < 4.78 is 7.44. The predicted octanol–water partition coefficient (Wildman–Crippen LogP) is 2.71. The van der Waals surface area contributed by atoms with E-state index in [1.54, 1.807) is 12.7 Å². The molecule has 21 heavy (non-hydrogen) atoms. The zero-order chi connectivity index (χ0) is 14.5. The van der Waals surface area contributed by atoms with Gasteiger partial charge in [-0.05, 0) is 24.6 Å². The van der Waals surface area contributed by atoms with Gasteiger partial charge in [0.2, 0.25) is 0 Å². The van der Waals surface area contributed by atoms with Crippen LogP contribution in [0.15, 0.2) is 59.5 Å². The fourth-order valence-electron chi connectivity index (χ4n) is 2.29. The van der Waals surface area contributed by atoms with Gasteiger partial charge in [-0.25, -0.2) is 4.98 Å². The highest BCUT2D eigenvalue weighted by Gasteiger charge is 2.13. The van der Waals surface area contributed by atoms with Gasteiger partial charge in [0.1, 0.15) is 24.2 Å². The molecule has 1 atom stereocenters. The second-order valence-corrected chi connectivity index (χ2v) is 4.97. The van der Waals surface area contributed by atoms with E-state index < -0.39 is 0 Å². The van der Waals surface area contributed by atoms with Gasteiger partial charge in [-0.2, -0.15) is 5.10 Å². The summed E-state index contributed by atoms with van der Waals surface area (Å²) in [5.74, 6) is 1.87. The van der Waals surface area contributed by atoms with Crippen molar-refractivity contribution in [3.63, 3.8) is 0 Å². The quantitative estimate of drug-likeness (QED) is 0.755. The molecular formula is C16H18N4O. The van der Waals surface area contributed by atoms with Crippen molar-refractivity contribution in [3.05, 3.63) is 72.2 Å². The minimum absolute atomic E-state index is 0.151. The molecule has 0 radical (unpaired) electrons. The van der Waals surface area contributed by atoms with Crippen molar-refractivity contribution in [2.75, 3.05) is 0 Å². The smallest absolute Gasteiger partial charge is 0.137 e. The molecule has 0 saturated carbocycles. The minimum atomic E-state index is 0.151. The van der Waals surface area contributed by atoms with Crippen LogP contribution in [0.2, 0.25) is 0 Å². The van der Waals surface area contributed by atoms with E-state index in [-0.39, 0.29) is 6.04 Å². The second-order valence-electron chi connectivity index (χ2n) is 4.97. The first-order valence-electron chi connectivity index (χ1n) is 6.97. The highest BCUT2D eigenvalue weighted by molar-refractivity contribution is 5.19. The van der Waals surface area contributed by atoms with Crippen molar-refractivity contribution >= 4 is 0 Å². The summed E-state index contributed by atoms with van der Waals surface area (Å²) in [5.41, 5.74) is 1.22. The fourth-order valence-corrected chi connectivity index (χ4v) is 2.29. The highest BCUT2D eigenvalue weighted by Crippen LogP contribution is 2.16. The molecule has 3 rings (SSSR count). The Bertz CT molecular complexity index is 661. The molecule has 0 fully saturated rings. The zero-order valence-corrected chi connectivity index (χ0v) is 11.9. The average molecular weight is 282 g/mol. The lowest BCUT2D eigenvalue weighted by atomic mass is 10.1. The largest absolute Gasteiger partial charge is 0.465 e. The Morgan fingerprint density at radius 2 is 2.05 bits per heavy atom. The Balaban J connectivity index is 1.72. The van der Waals surface area contributed by atoms with Crippen LogP contribution in [-0.4, -0.2) is 14.8 Å². The summed E-state index contributed by atoms with van der Waals surface area (Å²) in [5, 5.41) is 7.70. The predicted molar refractivity (Wildman–Crippen MR) is 79.5 cm³/mol. The molecule has 0 saturated heterocycles.